The molecule has 0 atom stereocenters. The lowest BCUT2D eigenvalue weighted by Gasteiger charge is -2.24. The molecule has 0 saturated carbocycles. The van der Waals surface area contributed by atoms with Crippen molar-refractivity contribution in [3.8, 4) is 0 Å². The number of hydrogen-bond acceptors (Lipinski definition) is 8. The Morgan fingerprint density at radius 3 is 2.69 bits per heavy atom. The van der Waals surface area contributed by atoms with Gasteiger partial charge in [-0.3, -0.25) is 4.79 Å². The van der Waals surface area contributed by atoms with Crippen LogP contribution in [-0.4, -0.2) is 26.7 Å². The van der Waals surface area contributed by atoms with Crippen molar-refractivity contribution >= 4 is 55.9 Å². The number of rotatable bonds is 5. The first kappa shape index (κ1) is 19.5. The SMILES string of the molecule is NC1=c2ccoc2=NCN1c1ccc(NC(=O)CS(=O)(=O)c2ccc(Cl)s2)cc1. The monoisotopic (exact) mass is 450 g/mol. The zero-order valence-corrected chi connectivity index (χ0v) is 17.2. The molecule has 150 valence electrons. The number of hydrogen-bond donors (Lipinski definition) is 2. The smallest absolute Gasteiger partial charge is 0.239 e. The Labute approximate surface area is 174 Å². The third-order valence-corrected chi connectivity index (χ3v) is 7.64. The normalized spacial score (nSPS) is 13.7. The lowest BCUT2D eigenvalue weighted by atomic mass is 10.2. The molecule has 0 fully saturated rings. The third-order valence-electron chi connectivity index (χ3n) is 4.21. The zero-order chi connectivity index (χ0) is 20.6. The average Bonchev–Trinajstić information content (AvgIpc) is 3.32. The van der Waals surface area contributed by atoms with E-state index in [0.717, 1.165) is 17.0 Å². The molecule has 0 spiro atoms. The number of fused-ring (bicyclic) bond motifs is 1. The Bertz CT molecular complexity index is 1300. The quantitative estimate of drug-likeness (QED) is 0.608. The second kappa shape index (κ2) is 7.54. The molecule has 0 aliphatic carbocycles. The van der Waals surface area contributed by atoms with Crippen LogP contribution in [0.1, 0.15) is 0 Å². The number of nitrogens with zero attached hydrogens (tertiary/aromatic N) is 2. The fraction of sp³-hybridized carbons (Fsp3) is 0.111. The number of benzene rings is 1. The predicted molar refractivity (Wildman–Crippen MR) is 111 cm³/mol. The van der Waals surface area contributed by atoms with Crippen molar-refractivity contribution in [2.75, 3.05) is 22.6 Å². The summed E-state index contributed by atoms with van der Waals surface area (Å²) in [5.41, 5.74) is 7.93. The summed E-state index contributed by atoms with van der Waals surface area (Å²) in [7, 11) is -3.74. The van der Waals surface area contributed by atoms with Gasteiger partial charge in [0.15, 0.2) is 9.84 Å². The van der Waals surface area contributed by atoms with Crippen LogP contribution in [0, 0.1) is 0 Å². The maximum Gasteiger partial charge on any atom is 0.239 e. The van der Waals surface area contributed by atoms with E-state index >= 15 is 0 Å². The highest BCUT2D eigenvalue weighted by Crippen LogP contribution is 2.26. The third kappa shape index (κ3) is 4.00. The summed E-state index contributed by atoms with van der Waals surface area (Å²) in [6.07, 6.45) is 1.53. The van der Waals surface area contributed by atoms with E-state index in [0.29, 0.717) is 33.3 Å². The van der Waals surface area contributed by atoms with E-state index in [1.54, 1.807) is 35.2 Å². The molecule has 1 amide bonds. The van der Waals surface area contributed by atoms with Crippen LogP contribution in [0.4, 0.5) is 11.4 Å². The number of nitrogens with two attached hydrogens (primary N) is 1. The van der Waals surface area contributed by atoms with Crippen LogP contribution in [0.2, 0.25) is 4.34 Å². The van der Waals surface area contributed by atoms with Gasteiger partial charge >= 0.3 is 0 Å². The molecule has 0 radical (unpaired) electrons. The first-order chi connectivity index (χ1) is 13.8. The minimum atomic E-state index is -3.74. The summed E-state index contributed by atoms with van der Waals surface area (Å²) in [5, 5.41) is 3.30. The minimum Gasteiger partial charge on any atom is -0.446 e. The fourth-order valence-electron chi connectivity index (χ4n) is 2.83. The molecule has 4 rings (SSSR count). The highest BCUT2D eigenvalue weighted by Gasteiger charge is 2.21. The standard InChI is InChI=1S/C18H15ClN4O4S2/c19-14-5-6-16(28-14)29(25,26)9-15(24)22-11-1-3-12(4-2-11)23-10-21-18-13(17(23)20)7-8-27-18/h1-8H,9-10,20H2,(H,22,24). The molecular weight excluding hydrogens is 436 g/mol. The topological polar surface area (TPSA) is 118 Å². The van der Waals surface area contributed by atoms with Gasteiger partial charge in [-0.2, -0.15) is 0 Å². The number of carbonyl (C=O) groups is 1. The molecule has 1 aliphatic heterocycles. The highest BCUT2D eigenvalue weighted by molar-refractivity contribution is 7.94. The second-order valence-electron chi connectivity index (χ2n) is 6.16. The number of furan rings is 1. The number of amides is 1. The van der Waals surface area contributed by atoms with Crippen LogP contribution in [0.15, 0.2) is 62.3 Å². The molecule has 8 nitrogen and oxygen atoms in total. The van der Waals surface area contributed by atoms with Gasteiger partial charge in [0, 0.05) is 11.4 Å². The van der Waals surface area contributed by atoms with Crippen molar-refractivity contribution in [3.63, 3.8) is 0 Å². The van der Waals surface area contributed by atoms with E-state index in [9.17, 15) is 13.2 Å². The molecule has 29 heavy (non-hydrogen) atoms. The number of nitrogens with one attached hydrogen (secondary N) is 1. The van der Waals surface area contributed by atoms with E-state index in [4.69, 9.17) is 21.8 Å². The Kier molecular flexibility index (Phi) is 5.07. The van der Waals surface area contributed by atoms with Gasteiger partial charge in [0.25, 0.3) is 0 Å². The minimum absolute atomic E-state index is 0.0616. The van der Waals surface area contributed by atoms with Crippen molar-refractivity contribution in [2.24, 2.45) is 10.7 Å². The van der Waals surface area contributed by atoms with Crippen LogP contribution in [0.3, 0.4) is 0 Å². The highest BCUT2D eigenvalue weighted by atomic mass is 35.5. The number of thiophene rings is 1. The summed E-state index contributed by atoms with van der Waals surface area (Å²) < 4.78 is 30.2. The number of sulfone groups is 1. The fourth-order valence-corrected chi connectivity index (χ4v) is 5.53. The molecular formula is C18H15ClN4O4S2. The van der Waals surface area contributed by atoms with Gasteiger partial charge in [0.05, 0.1) is 15.8 Å². The largest absolute Gasteiger partial charge is 0.446 e. The summed E-state index contributed by atoms with van der Waals surface area (Å²) in [6, 6.07) is 11.5. The van der Waals surface area contributed by atoms with Gasteiger partial charge < -0.3 is 20.4 Å². The lowest BCUT2D eigenvalue weighted by Crippen LogP contribution is -2.42. The molecule has 11 heteroatoms. The van der Waals surface area contributed by atoms with E-state index < -0.39 is 21.5 Å². The van der Waals surface area contributed by atoms with Crippen LogP contribution in [0.25, 0.3) is 5.82 Å². The molecule has 3 aromatic rings. The van der Waals surface area contributed by atoms with E-state index in [1.807, 2.05) is 0 Å². The summed E-state index contributed by atoms with van der Waals surface area (Å²) in [5.74, 6) is -0.786. The van der Waals surface area contributed by atoms with Gasteiger partial charge in [-0.05, 0) is 42.5 Å². The Morgan fingerprint density at radius 2 is 2.00 bits per heavy atom. The average molecular weight is 451 g/mol. The zero-order valence-electron chi connectivity index (χ0n) is 14.8. The number of halogens is 1. The molecule has 1 aliphatic rings. The van der Waals surface area contributed by atoms with Crippen molar-refractivity contribution in [1.29, 1.82) is 0 Å². The molecule has 3 N–H and O–H groups in total. The summed E-state index contributed by atoms with van der Waals surface area (Å²) >= 11 is 6.69. The maximum atomic E-state index is 12.3. The van der Waals surface area contributed by atoms with Crippen LogP contribution in [-0.2, 0) is 14.6 Å². The number of carbonyl (C=O) groups excluding carboxylic acids is 1. The van der Waals surface area contributed by atoms with Gasteiger partial charge in [-0.1, -0.05) is 11.6 Å². The van der Waals surface area contributed by atoms with Crippen LogP contribution < -0.4 is 26.7 Å². The molecule has 1 aromatic carbocycles. The van der Waals surface area contributed by atoms with Gasteiger partial charge in [0.2, 0.25) is 11.5 Å². The van der Waals surface area contributed by atoms with Crippen LogP contribution in [0.5, 0.6) is 0 Å². The molecule has 3 heterocycles. The molecule has 0 saturated heterocycles. The maximum absolute atomic E-state index is 12.3. The molecule has 2 aromatic heterocycles. The Balaban J connectivity index is 1.45. The predicted octanol–water partition coefficient (Wildman–Crippen LogP) is 1.53. The van der Waals surface area contributed by atoms with E-state index in [2.05, 4.69) is 10.3 Å². The van der Waals surface area contributed by atoms with Crippen molar-refractivity contribution in [1.82, 2.24) is 0 Å². The molecule has 0 bridgehead atoms. The van der Waals surface area contributed by atoms with Gasteiger partial charge in [0.1, 0.15) is 22.5 Å². The Hall–Kier alpha value is -2.82. The van der Waals surface area contributed by atoms with Crippen LogP contribution >= 0.6 is 22.9 Å². The van der Waals surface area contributed by atoms with Crippen molar-refractivity contribution in [2.45, 2.75) is 4.21 Å². The second-order valence-corrected chi connectivity index (χ2v) is 10.1. The molecule has 0 unspecified atom stereocenters. The lowest BCUT2D eigenvalue weighted by molar-refractivity contribution is -0.113. The van der Waals surface area contributed by atoms with Gasteiger partial charge in [-0.15, -0.1) is 11.3 Å². The summed E-state index contributed by atoms with van der Waals surface area (Å²) in [4.78, 5) is 18.3. The van der Waals surface area contributed by atoms with E-state index in [-0.39, 0.29) is 4.21 Å². The van der Waals surface area contributed by atoms with Crippen molar-refractivity contribution in [3.05, 3.63) is 63.8 Å². The first-order valence-corrected chi connectivity index (χ1v) is 11.2. The van der Waals surface area contributed by atoms with Gasteiger partial charge in [-0.25, -0.2) is 13.4 Å². The summed E-state index contributed by atoms with van der Waals surface area (Å²) in [6.45, 7) is 0.305. The Morgan fingerprint density at radius 1 is 1.24 bits per heavy atom. The van der Waals surface area contributed by atoms with Crippen molar-refractivity contribution < 1.29 is 17.6 Å². The van der Waals surface area contributed by atoms with E-state index in [1.165, 1.54) is 18.4 Å². The number of anilines is 2. The first-order valence-electron chi connectivity index (χ1n) is 8.37.